The lowest BCUT2D eigenvalue weighted by Crippen LogP contribution is -2.19. The van der Waals surface area contributed by atoms with Gasteiger partial charge >= 0.3 is 12.2 Å². The molecular formula is C25H20F3N5O2. The Balaban J connectivity index is 1.43. The first-order valence-electron chi connectivity index (χ1n) is 10.5. The van der Waals surface area contributed by atoms with E-state index in [-0.39, 0.29) is 0 Å². The van der Waals surface area contributed by atoms with Crippen LogP contribution in [0.5, 0.6) is 0 Å². The number of rotatable bonds is 5. The number of hydrogen-bond acceptors (Lipinski definition) is 3. The average Bonchev–Trinajstić information content (AvgIpc) is 3.33. The number of amides is 3. The van der Waals surface area contributed by atoms with Gasteiger partial charge in [-0.3, -0.25) is 4.79 Å². The number of halogens is 3. The highest BCUT2D eigenvalue weighted by Crippen LogP contribution is 2.28. The van der Waals surface area contributed by atoms with Gasteiger partial charge in [0.15, 0.2) is 5.69 Å². The molecule has 10 heteroatoms. The van der Waals surface area contributed by atoms with Crippen molar-refractivity contribution in [2.75, 3.05) is 16.0 Å². The predicted octanol–water partition coefficient (Wildman–Crippen LogP) is 6.10. The summed E-state index contributed by atoms with van der Waals surface area (Å²) in [5.74, 6) is -0.415. The van der Waals surface area contributed by atoms with Gasteiger partial charge in [0.1, 0.15) is 0 Å². The van der Waals surface area contributed by atoms with Gasteiger partial charge in [-0.05, 0) is 67.1 Å². The molecule has 0 fully saturated rings. The van der Waals surface area contributed by atoms with Crippen molar-refractivity contribution < 1.29 is 22.8 Å². The van der Waals surface area contributed by atoms with E-state index in [0.29, 0.717) is 28.3 Å². The zero-order chi connectivity index (χ0) is 25.0. The number of aromatic nitrogens is 2. The van der Waals surface area contributed by atoms with Gasteiger partial charge < -0.3 is 16.0 Å². The molecule has 178 valence electrons. The number of carbonyl (C=O) groups excluding carboxylic acids is 2. The second kappa shape index (κ2) is 9.72. The summed E-state index contributed by atoms with van der Waals surface area (Å²) in [6.07, 6.45) is -3.33. The molecule has 4 rings (SSSR count). The predicted molar refractivity (Wildman–Crippen MR) is 127 cm³/mol. The Labute approximate surface area is 198 Å². The van der Waals surface area contributed by atoms with Crippen LogP contribution >= 0.6 is 0 Å². The van der Waals surface area contributed by atoms with Crippen molar-refractivity contribution >= 4 is 29.0 Å². The number of anilines is 3. The van der Waals surface area contributed by atoms with Crippen LogP contribution in [0.1, 0.15) is 21.6 Å². The molecule has 3 aromatic carbocycles. The Morgan fingerprint density at radius 3 is 2.17 bits per heavy atom. The average molecular weight is 479 g/mol. The highest BCUT2D eigenvalue weighted by atomic mass is 19.4. The third kappa shape index (κ3) is 5.85. The summed E-state index contributed by atoms with van der Waals surface area (Å²) in [6, 6.07) is 20.5. The highest BCUT2D eigenvalue weighted by molar-refractivity contribution is 6.05. The molecule has 4 aromatic rings. The number of hydrogen-bond donors (Lipinski definition) is 3. The van der Waals surface area contributed by atoms with Gasteiger partial charge in [0.2, 0.25) is 0 Å². The number of benzene rings is 3. The fourth-order valence-corrected chi connectivity index (χ4v) is 3.23. The molecule has 1 aromatic heterocycles. The molecule has 0 aliphatic rings. The van der Waals surface area contributed by atoms with Crippen LogP contribution in [0.2, 0.25) is 0 Å². The third-order valence-electron chi connectivity index (χ3n) is 5.05. The van der Waals surface area contributed by atoms with Crippen LogP contribution in [0.4, 0.5) is 35.0 Å². The molecule has 0 radical (unpaired) electrons. The van der Waals surface area contributed by atoms with Gasteiger partial charge in [0, 0.05) is 28.8 Å². The molecule has 0 aliphatic carbocycles. The SMILES string of the molecule is Cc1ccc(NC(=O)Nc2ccccc2)cc1NC(=O)c1ccc(-n2ccc(C(F)(F)F)n2)cc1. The van der Waals surface area contributed by atoms with Crippen molar-refractivity contribution in [3.63, 3.8) is 0 Å². The Bertz CT molecular complexity index is 1350. The van der Waals surface area contributed by atoms with E-state index in [9.17, 15) is 22.8 Å². The minimum absolute atomic E-state index is 0.302. The second-order valence-electron chi connectivity index (χ2n) is 7.62. The van der Waals surface area contributed by atoms with Gasteiger partial charge in [-0.2, -0.15) is 18.3 Å². The van der Waals surface area contributed by atoms with E-state index < -0.39 is 23.8 Å². The fourth-order valence-electron chi connectivity index (χ4n) is 3.23. The molecule has 0 saturated heterocycles. The third-order valence-corrected chi connectivity index (χ3v) is 5.05. The molecule has 0 spiro atoms. The molecule has 0 unspecified atom stereocenters. The second-order valence-corrected chi connectivity index (χ2v) is 7.62. The number of alkyl halides is 3. The van der Waals surface area contributed by atoms with Crippen LogP contribution in [0.25, 0.3) is 5.69 Å². The standard InChI is InChI=1S/C25H20F3N5O2/c1-16-7-10-19(30-24(35)29-18-5-3-2-4-6-18)15-21(16)31-23(34)17-8-11-20(12-9-17)33-14-13-22(32-33)25(26,27)28/h2-15H,1H3,(H,31,34)(H2,29,30,35). The Hall–Kier alpha value is -4.60. The maximum absolute atomic E-state index is 12.8. The molecule has 0 saturated carbocycles. The lowest BCUT2D eigenvalue weighted by molar-refractivity contribution is -0.141. The largest absolute Gasteiger partial charge is 0.435 e. The van der Waals surface area contributed by atoms with Crippen LogP contribution in [0, 0.1) is 6.92 Å². The van der Waals surface area contributed by atoms with Crippen molar-refractivity contribution in [1.29, 1.82) is 0 Å². The number of nitrogens with one attached hydrogen (secondary N) is 3. The minimum Gasteiger partial charge on any atom is -0.322 e. The summed E-state index contributed by atoms with van der Waals surface area (Å²) >= 11 is 0. The maximum atomic E-state index is 12.8. The van der Waals surface area contributed by atoms with E-state index in [0.717, 1.165) is 16.3 Å². The van der Waals surface area contributed by atoms with Crippen LogP contribution in [0.15, 0.2) is 85.1 Å². The molecule has 1 heterocycles. The summed E-state index contributed by atoms with van der Waals surface area (Å²) in [7, 11) is 0. The summed E-state index contributed by atoms with van der Waals surface area (Å²) < 4.78 is 39.4. The maximum Gasteiger partial charge on any atom is 0.435 e. The van der Waals surface area contributed by atoms with Crippen molar-refractivity contribution in [2.24, 2.45) is 0 Å². The van der Waals surface area contributed by atoms with Crippen molar-refractivity contribution in [3.8, 4) is 5.69 Å². The van der Waals surface area contributed by atoms with E-state index in [2.05, 4.69) is 21.0 Å². The number of carbonyl (C=O) groups is 2. The van der Waals surface area contributed by atoms with Crippen LogP contribution < -0.4 is 16.0 Å². The smallest absolute Gasteiger partial charge is 0.322 e. The molecule has 35 heavy (non-hydrogen) atoms. The number of para-hydroxylation sites is 1. The number of urea groups is 1. The van der Waals surface area contributed by atoms with Gasteiger partial charge in [-0.15, -0.1) is 0 Å². The van der Waals surface area contributed by atoms with E-state index in [1.54, 1.807) is 42.5 Å². The van der Waals surface area contributed by atoms with E-state index in [4.69, 9.17) is 0 Å². The van der Waals surface area contributed by atoms with Gasteiger partial charge in [0.05, 0.1) is 5.69 Å². The molecule has 0 bridgehead atoms. The first kappa shape index (κ1) is 23.6. The van der Waals surface area contributed by atoms with E-state index in [1.165, 1.54) is 30.5 Å². The molecule has 0 atom stereocenters. The molecule has 3 amide bonds. The zero-order valence-electron chi connectivity index (χ0n) is 18.4. The van der Waals surface area contributed by atoms with Gasteiger partial charge in [0.25, 0.3) is 5.91 Å². The molecule has 0 aliphatic heterocycles. The Morgan fingerprint density at radius 1 is 0.829 bits per heavy atom. The molecular weight excluding hydrogens is 459 g/mol. The highest BCUT2D eigenvalue weighted by Gasteiger charge is 2.33. The fraction of sp³-hybridized carbons (Fsp3) is 0.0800. The van der Waals surface area contributed by atoms with Gasteiger partial charge in [-0.25, -0.2) is 9.48 Å². The summed E-state index contributed by atoms with van der Waals surface area (Å²) in [5.41, 5.74) is 2.08. The number of aryl methyl sites for hydroxylation is 1. The monoisotopic (exact) mass is 479 g/mol. The summed E-state index contributed by atoms with van der Waals surface area (Å²) in [5, 5.41) is 11.7. The van der Waals surface area contributed by atoms with Crippen LogP contribution in [-0.2, 0) is 6.18 Å². The van der Waals surface area contributed by atoms with Crippen molar-refractivity contribution in [2.45, 2.75) is 13.1 Å². The van der Waals surface area contributed by atoms with Crippen molar-refractivity contribution in [1.82, 2.24) is 9.78 Å². The summed E-state index contributed by atoms with van der Waals surface area (Å²) in [6.45, 7) is 1.81. The Kier molecular flexibility index (Phi) is 6.54. The van der Waals surface area contributed by atoms with Crippen molar-refractivity contribution in [3.05, 3.63) is 102 Å². The first-order chi connectivity index (χ1) is 16.7. The van der Waals surface area contributed by atoms with Crippen LogP contribution in [-0.4, -0.2) is 21.7 Å². The minimum atomic E-state index is -4.53. The molecule has 3 N–H and O–H groups in total. The molecule has 7 nitrogen and oxygen atoms in total. The summed E-state index contributed by atoms with van der Waals surface area (Å²) in [4.78, 5) is 25.0. The Morgan fingerprint density at radius 2 is 1.51 bits per heavy atom. The number of nitrogens with zero attached hydrogens (tertiary/aromatic N) is 2. The van der Waals surface area contributed by atoms with Crippen LogP contribution in [0.3, 0.4) is 0 Å². The van der Waals surface area contributed by atoms with Gasteiger partial charge in [-0.1, -0.05) is 24.3 Å². The zero-order valence-corrected chi connectivity index (χ0v) is 18.4. The topological polar surface area (TPSA) is 88.0 Å². The van der Waals surface area contributed by atoms with E-state index in [1.807, 2.05) is 13.0 Å². The quantitative estimate of drug-likeness (QED) is 0.323. The normalized spacial score (nSPS) is 11.1. The van der Waals surface area contributed by atoms with E-state index >= 15 is 0 Å². The first-order valence-corrected chi connectivity index (χ1v) is 10.5. The lowest BCUT2D eigenvalue weighted by Gasteiger charge is -2.12. The lowest BCUT2D eigenvalue weighted by atomic mass is 10.1.